The normalized spacial score (nSPS) is 12.3. The van der Waals surface area contributed by atoms with Gasteiger partial charge in [0.25, 0.3) is 5.91 Å². The van der Waals surface area contributed by atoms with Crippen molar-refractivity contribution in [3.05, 3.63) is 53.6 Å². The van der Waals surface area contributed by atoms with Crippen LogP contribution in [0.15, 0.2) is 42.5 Å². The molecule has 0 aromatic heterocycles. The van der Waals surface area contributed by atoms with Crippen molar-refractivity contribution in [1.82, 2.24) is 5.32 Å². The van der Waals surface area contributed by atoms with Gasteiger partial charge in [-0.05, 0) is 41.8 Å². The van der Waals surface area contributed by atoms with E-state index in [-0.39, 0.29) is 12.7 Å². The molecule has 2 aromatic carbocycles. The maximum Gasteiger partial charge on any atom is 0.251 e. The van der Waals surface area contributed by atoms with Crippen molar-refractivity contribution in [2.24, 2.45) is 0 Å². The SMILES string of the molecule is CC(C)c1cccc(OCCNC(=O)c2ccc3c(c2)OCO3)c1. The summed E-state index contributed by atoms with van der Waals surface area (Å²) in [6, 6.07) is 13.2. The summed E-state index contributed by atoms with van der Waals surface area (Å²) in [5.74, 6) is 2.38. The number of fused-ring (bicyclic) bond motifs is 1. The van der Waals surface area contributed by atoms with Gasteiger partial charge in [0.1, 0.15) is 12.4 Å². The van der Waals surface area contributed by atoms with Gasteiger partial charge >= 0.3 is 0 Å². The summed E-state index contributed by atoms with van der Waals surface area (Å²) < 4.78 is 16.2. The molecule has 0 bridgehead atoms. The van der Waals surface area contributed by atoms with Gasteiger partial charge in [-0.3, -0.25) is 4.79 Å². The first-order valence-electron chi connectivity index (χ1n) is 8.04. The molecule has 0 fully saturated rings. The molecule has 0 saturated carbocycles. The third-order valence-electron chi connectivity index (χ3n) is 3.82. The summed E-state index contributed by atoms with van der Waals surface area (Å²) in [6.07, 6.45) is 0. The highest BCUT2D eigenvalue weighted by Crippen LogP contribution is 2.32. The summed E-state index contributed by atoms with van der Waals surface area (Å²) in [5, 5.41) is 2.84. The number of carbonyl (C=O) groups excluding carboxylic acids is 1. The van der Waals surface area contributed by atoms with Crippen molar-refractivity contribution < 1.29 is 19.0 Å². The van der Waals surface area contributed by atoms with Crippen LogP contribution in [-0.4, -0.2) is 25.9 Å². The smallest absolute Gasteiger partial charge is 0.251 e. The first kappa shape index (κ1) is 16.2. The van der Waals surface area contributed by atoms with E-state index in [0.29, 0.717) is 36.1 Å². The van der Waals surface area contributed by atoms with Gasteiger partial charge in [-0.2, -0.15) is 0 Å². The lowest BCUT2D eigenvalue weighted by Gasteiger charge is -2.10. The van der Waals surface area contributed by atoms with E-state index in [9.17, 15) is 4.79 Å². The monoisotopic (exact) mass is 327 g/mol. The Kier molecular flexibility index (Phi) is 4.89. The lowest BCUT2D eigenvalue weighted by molar-refractivity contribution is 0.0946. The first-order chi connectivity index (χ1) is 11.6. The van der Waals surface area contributed by atoms with Crippen LogP contribution in [0.2, 0.25) is 0 Å². The van der Waals surface area contributed by atoms with Gasteiger partial charge in [0, 0.05) is 5.56 Å². The number of ether oxygens (including phenoxy) is 3. The van der Waals surface area contributed by atoms with Crippen LogP contribution in [0.4, 0.5) is 0 Å². The minimum absolute atomic E-state index is 0.159. The van der Waals surface area contributed by atoms with Crippen LogP contribution in [0.5, 0.6) is 17.2 Å². The average molecular weight is 327 g/mol. The van der Waals surface area contributed by atoms with E-state index in [0.717, 1.165) is 5.75 Å². The predicted octanol–water partition coefficient (Wildman–Crippen LogP) is 3.35. The number of rotatable bonds is 6. The van der Waals surface area contributed by atoms with Gasteiger partial charge < -0.3 is 19.5 Å². The first-order valence-corrected chi connectivity index (χ1v) is 8.04. The van der Waals surface area contributed by atoms with Crippen molar-refractivity contribution >= 4 is 5.91 Å². The van der Waals surface area contributed by atoms with Gasteiger partial charge in [-0.15, -0.1) is 0 Å². The molecule has 1 amide bonds. The predicted molar refractivity (Wildman–Crippen MR) is 90.9 cm³/mol. The summed E-state index contributed by atoms with van der Waals surface area (Å²) in [6.45, 7) is 5.33. The van der Waals surface area contributed by atoms with E-state index in [2.05, 4.69) is 25.2 Å². The number of hydrogen-bond donors (Lipinski definition) is 1. The maximum atomic E-state index is 12.1. The molecular weight excluding hydrogens is 306 g/mol. The zero-order chi connectivity index (χ0) is 16.9. The van der Waals surface area contributed by atoms with Crippen LogP contribution < -0.4 is 19.5 Å². The Bertz CT molecular complexity index is 727. The minimum atomic E-state index is -0.159. The Labute approximate surface area is 141 Å². The van der Waals surface area contributed by atoms with Gasteiger partial charge in [-0.1, -0.05) is 26.0 Å². The lowest BCUT2D eigenvalue weighted by Crippen LogP contribution is -2.28. The van der Waals surface area contributed by atoms with E-state index in [1.807, 2.05) is 18.2 Å². The fraction of sp³-hybridized carbons (Fsp3) is 0.316. The Morgan fingerprint density at radius 1 is 1.17 bits per heavy atom. The summed E-state index contributed by atoms with van der Waals surface area (Å²) >= 11 is 0. The largest absolute Gasteiger partial charge is 0.492 e. The Morgan fingerprint density at radius 2 is 2.00 bits per heavy atom. The number of benzene rings is 2. The molecule has 1 aliphatic heterocycles. The molecular formula is C19H21NO4. The van der Waals surface area contributed by atoms with E-state index >= 15 is 0 Å². The number of amides is 1. The second kappa shape index (κ2) is 7.25. The van der Waals surface area contributed by atoms with Crippen molar-refractivity contribution in [3.8, 4) is 17.2 Å². The fourth-order valence-electron chi connectivity index (χ4n) is 2.44. The number of nitrogens with one attached hydrogen (secondary N) is 1. The Balaban J connectivity index is 1.48. The molecule has 0 saturated heterocycles. The topological polar surface area (TPSA) is 56.8 Å². The summed E-state index contributed by atoms with van der Waals surface area (Å²) in [4.78, 5) is 12.1. The average Bonchev–Trinajstić information content (AvgIpc) is 3.06. The Hall–Kier alpha value is -2.69. The second-order valence-corrected chi connectivity index (χ2v) is 5.90. The van der Waals surface area contributed by atoms with E-state index in [1.165, 1.54) is 5.56 Å². The molecule has 0 spiro atoms. The van der Waals surface area contributed by atoms with E-state index < -0.39 is 0 Å². The molecule has 5 heteroatoms. The molecule has 1 N–H and O–H groups in total. The van der Waals surface area contributed by atoms with Gasteiger partial charge in [-0.25, -0.2) is 0 Å². The fourth-order valence-corrected chi connectivity index (χ4v) is 2.44. The molecule has 126 valence electrons. The van der Waals surface area contributed by atoms with Crippen LogP contribution >= 0.6 is 0 Å². The second-order valence-electron chi connectivity index (χ2n) is 5.90. The van der Waals surface area contributed by atoms with Gasteiger partial charge in [0.15, 0.2) is 11.5 Å². The standard InChI is InChI=1S/C19H21NO4/c1-13(2)14-4-3-5-16(10-14)22-9-8-20-19(21)15-6-7-17-18(11-15)24-12-23-17/h3-7,10-11,13H,8-9,12H2,1-2H3,(H,20,21). The van der Waals surface area contributed by atoms with Crippen molar-refractivity contribution in [2.75, 3.05) is 19.9 Å². The molecule has 0 aliphatic carbocycles. The highest BCUT2D eigenvalue weighted by atomic mass is 16.7. The van der Waals surface area contributed by atoms with Crippen LogP contribution in [0.25, 0.3) is 0 Å². The molecule has 0 radical (unpaired) electrons. The van der Waals surface area contributed by atoms with Gasteiger partial charge in [0.2, 0.25) is 6.79 Å². The molecule has 5 nitrogen and oxygen atoms in total. The van der Waals surface area contributed by atoms with E-state index in [4.69, 9.17) is 14.2 Å². The molecule has 24 heavy (non-hydrogen) atoms. The molecule has 2 aromatic rings. The zero-order valence-corrected chi connectivity index (χ0v) is 13.9. The van der Waals surface area contributed by atoms with Gasteiger partial charge in [0.05, 0.1) is 6.54 Å². The lowest BCUT2D eigenvalue weighted by atomic mass is 10.0. The Morgan fingerprint density at radius 3 is 2.83 bits per heavy atom. The van der Waals surface area contributed by atoms with Crippen molar-refractivity contribution in [1.29, 1.82) is 0 Å². The number of carbonyl (C=O) groups is 1. The zero-order valence-electron chi connectivity index (χ0n) is 13.9. The van der Waals surface area contributed by atoms with Crippen molar-refractivity contribution in [3.63, 3.8) is 0 Å². The van der Waals surface area contributed by atoms with Crippen LogP contribution in [0, 0.1) is 0 Å². The molecule has 1 aliphatic rings. The van der Waals surface area contributed by atoms with Crippen LogP contribution in [0.1, 0.15) is 35.7 Å². The van der Waals surface area contributed by atoms with Crippen LogP contribution in [0.3, 0.4) is 0 Å². The summed E-state index contributed by atoms with van der Waals surface area (Å²) in [7, 11) is 0. The third-order valence-corrected chi connectivity index (χ3v) is 3.82. The third kappa shape index (κ3) is 3.79. The quantitative estimate of drug-likeness (QED) is 0.827. The maximum absolute atomic E-state index is 12.1. The van der Waals surface area contributed by atoms with Crippen LogP contribution in [-0.2, 0) is 0 Å². The molecule has 1 heterocycles. The molecule has 0 unspecified atom stereocenters. The molecule has 3 rings (SSSR count). The minimum Gasteiger partial charge on any atom is -0.492 e. The van der Waals surface area contributed by atoms with E-state index in [1.54, 1.807) is 18.2 Å². The number of hydrogen-bond acceptors (Lipinski definition) is 4. The highest BCUT2D eigenvalue weighted by molar-refractivity contribution is 5.94. The molecule has 0 atom stereocenters. The van der Waals surface area contributed by atoms with Crippen molar-refractivity contribution in [2.45, 2.75) is 19.8 Å². The highest BCUT2D eigenvalue weighted by Gasteiger charge is 2.15. The summed E-state index contributed by atoms with van der Waals surface area (Å²) in [5.41, 5.74) is 1.78.